The van der Waals surface area contributed by atoms with Crippen molar-refractivity contribution in [2.24, 2.45) is 0 Å². The average Bonchev–Trinajstić information content (AvgIpc) is 2.17. The molecule has 0 saturated carbocycles. The Morgan fingerprint density at radius 3 is 2.53 bits per heavy atom. The van der Waals surface area contributed by atoms with Crippen molar-refractivity contribution in [3.63, 3.8) is 0 Å². The van der Waals surface area contributed by atoms with Crippen LogP contribution in [0.25, 0.3) is 11.4 Å². The van der Waals surface area contributed by atoms with Crippen LogP contribution in [0.4, 0.5) is 5.82 Å². The monoisotopic (exact) mass is 221 g/mol. The third-order valence-corrected chi connectivity index (χ3v) is 1.93. The van der Waals surface area contributed by atoms with Crippen molar-refractivity contribution in [1.82, 2.24) is 19.9 Å². The minimum absolute atomic E-state index is 0.371. The molecule has 0 atom stereocenters. The molecule has 0 fully saturated rings. The summed E-state index contributed by atoms with van der Waals surface area (Å²) in [6.07, 6.45) is 3.02. The fourth-order valence-electron chi connectivity index (χ4n) is 1.13. The second-order valence-electron chi connectivity index (χ2n) is 2.95. The van der Waals surface area contributed by atoms with Crippen LogP contribution in [0.15, 0.2) is 18.5 Å². The van der Waals surface area contributed by atoms with Crippen molar-refractivity contribution >= 4 is 17.4 Å². The van der Waals surface area contributed by atoms with E-state index in [0.717, 1.165) is 0 Å². The van der Waals surface area contributed by atoms with E-state index in [9.17, 15) is 0 Å². The largest absolute Gasteiger partial charge is 0.382 e. The summed E-state index contributed by atoms with van der Waals surface area (Å²) in [5, 5.41) is 0.385. The van der Waals surface area contributed by atoms with E-state index in [0.29, 0.717) is 28.2 Å². The Bertz CT molecular complexity index is 462. The van der Waals surface area contributed by atoms with Crippen molar-refractivity contribution in [1.29, 1.82) is 0 Å². The van der Waals surface area contributed by atoms with E-state index in [2.05, 4.69) is 19.9 Å². The highest BCUT2D eigenvalue weighted by Gasteiger charge is 2.04. The van der Waals surface area contributed by atoms with E-state index >= 15 is 0 Å². The molecular formula is C9H8ClN5. The molecule has 2 N–H and O–H groups in total. The molecular weight excluding hydrogens is 214 g/mol. The number of aromatic nitrogens is 4. The lowest BCUT2D eigenvalue weighted by Crippen LogP contribution is -1.96. The maximum atomic E-state index is 5.81. The fraction of sp³-hybridized carbons (Fsp3) is 0.111. The Hall–Kier alpha value is -1.75. The van der Waals surface area contributed by atoms with Crippen LogP contribution in [-0.2, 0) is 0 Å². The van der Waals surface area contributed by atoms with Crippen molar-refractivity contribution in [3.8, 4) is 11.4 Å². The second kappa shape index (κ2) is 3.78. The molecule has 0 amide bonds. The minimum atomic E-state index is 0.371. The van der Waals surface area contributed by atoms with E-state index in [1.54, 1.807) is 19.2 Å². The number of hydrogen-bond donors (Lipinski definition) is 1. The number of rotatable bonds is 1. The third-order valence-electron chi connectivity index (χ3n) is 1.74. The van der Waals surface area contributed by atoms with Gasteiger partial charge in [-0.3, -0.25) is 0 Å². The first-order valence-corrected chi connectivity index (χ1v) is 4.62. The topological polar surface area (TPSA) is 77.6 Å². The molecule has 5 nitrogen and oxygen atoms in total. The molecule has 0 aliphatic carbocycles. The molecule has 0 unspecified atom stereocenters. The van der Waals surface area contributed by atoms with Gasteiger partial charge in [-0.1, -0.05) is 11.6 Å². The van der Waals surface area contributed by atoms with Crippen LogP contribution in [0, 0.1) is 6.92 Å². The standard InChI is InChI=1S/C9H8ClN5/c1-5-14-6(2-8(10)15-5)7-3-13-9(11)4-12-7/h2-4H,1H3,(H2,11,13). The molecule has 0 saturated heterocycles. The molecule has 0 radical (unpaired) electrons. The normalized spacial score (nSPS) is 10.3. The molecule has 15 heavy (non-hydrogen) atoms. The van der Waals surface area contributed by atoms with Crippen LogP contribution in [0.2, 0.25) is 5.15 Å². The second-order valence-corrected chi connectivity index (χ2v) is 3.34. The molecule has 2 aromatic heterocycles. The molecule has 6 heteroatoms. The smallest absolute Gasteiger partial charge is 0.141 e. The third kappa shape index (κ3) is 2.19. The van der Waals surface area contributed by atoms with Gasteiger partial charge in [-0.25, -0.2) is 19.9 Å². The van der Waals surface area contributed by atoms with E-state index in [4.69, 9.17) is 17.3 Å². The Kier molecular flexibility index (Phi) is 2.47. The Morgan fingerprint density at radius 1 is 1.13 bits per heavy atom. The summed E-state index contributed by atoms with van der Waals surface area (Å²) in [6.45, 7) is 1.76. The van der Waals surface area contributed by atoms with Gasteiger partial charge in [0.05, 0.1) is 18.1 Å². The number of aryl methyl sites for hydroxylation is 1. The van der Waals surface area contributed by atoms with Crippen LogP contribution >= 0.6 is 11.6 Å². The average molecular weight is 222 g/mol. The molecule has 2 rings (SSSR count). The number of nitrogen functional groups attached to an aromatic ring is 1. The van der Waals surface area contributed by atoms with E-state index in [-0.39, 0.29) is 0 Å². The van der Waals surface area contributed by atoms with Crippen molar-refractivity contribution in [2.75, 3.05) is 5.73 Å². The zero-order chi connectivity index (χ0) is 10.8. The summed E-state index contributed by atoms with van der Waals surface area (Å²) in [4.78, 5) is 16.2. The van der Waals surface area contributed by atoms with Gasteiger partial charge in [-0.2, -0.15) is 0 Å². The lowest BCUT2D eigenvalue weighted by Gasteiger charge is -2.01. The van der Waals surface area contributed by atoms with Crippen molar-refractivity contribution in [3.05, 3.63) is 29.4 Å². The highest BCUT2D eigenvalue weighted by Crippen LogP contribution is 2.17. The number of halogens is 1. The maximum Gasteiger partial charge on any atom is 0.141 e. The first-order chi connectivity index (χ1) is 7.15. The van der Waals surface area contributed by atoms with Gasteiger partial charge in [-0.05, 0) is 6.92 Å². The Labute approximate surface area is 91.4 Å². The summed E-state index contributed by atoms with van der Waals surface area (Å²) in [7, 11) is 0. The zero-order valence-corrected chi connectivity index (χ0v) is 8.73. The first kappa shape index (κ1) is 9.79. The van der Waals surface area contributed by atoms with Crippen molar-refractivity contribution < 1.29 is 0 Å². The van der Waals surface area contributed by atoms with Crippen LogP contribution in [0.3, 0.4) is 0 Å². The van der Waals surface area contributed by atoms with Crippen LogP contribution in [-0.4, -0.2) is 19.9 Å². The summed E-state index contributed by atoms with van der Waals surface area (Å²) in [5.41, 5.74) is 6.69. The zero-order valence-electron chi connectivity index (χ0n) is 7.98. The van der Waals surface area contributed by atoms with Gasteiger partial charge in [0.15, 0.2) is 0 Å². The molecule has 0 spiro atoms. The van der Waals surface area contributed by atoms with Crippen LogP contribution < -0.4 is 5.73 Å². The summed E-state index contributed by atoms with van der Waals surface area (Å²) in [6, 6.07) is 1.63. The van der Waals surface area contributed by atoms with Gasteiger partial charge in [0, 0.05) is 6.07 Å². The lowest BCUT2D eigenvalue weighted by atomic mass is 10.3. The van der Waals surface area contributed by atoms with Gasteiger partial charge in [0.2, 0.25) is 0 Å². The number of nitrogens with two attached hydrogens (primary N) is 1. The SMILES string of the molecule is Cc1nc(Cl)cc(-c2cnc(N)cn2)n1. The maximum absolute atomic E-state index is 5.81. The molecule has 76 valence electrons. The highest BCUT2D eigenvalue weighted by atomic mass is 35.5. The van der Waals surface area contributed by atoms with Gasteiger partial charge >= 0.3 is 0 Å². The van der Waals surface area contributed by atoms with Gasteiger partial charge in [0.1, 0.15) is 22.5 Å². The van der Waals surface area contributed by atoms with Crippen LogP contribution in [0.5, 0.6) is 0 Å². The number of anilines is 1. The number of nitrogens with zero attached hydrogens (tertiary/aromatic N) is 4. The summed E-state index contributed by atoms with van der Waals surface area (Å²) >= 11 is 5.81. The number of hydrogen-bond acceptors (Lipinski definition) is 5. The van der Waals surface area contributed by atoms with Gasteiger partial charge in [-0.15, -0.1) is 0 Å². The Morgan fingerprint density at radius 2 is 1.93 bits per heavy atom. The van der Waals surface area contributed by atoms with Gasteiger partial charge in [0.25, 0.3) is 0 Å². The fourth-order valence-corrected chi connectivity index (χ4v) is 1.36. The predicted molar refractivity (Wildman–Crippen MR) is 57.2 cm³/mol. The molecule has 2 heterocycles. The van der Waals surface area contributed by atoms with E-state index in [1.165, 1.54) is 6.20 Å². The molecule has 0 aromatic carbocycles. The lowest BCUT2D eigenvalue weighted by molar-refractivity contribution is 1.05. The highest BCUT2D eigenvalue weighted by molar-refractivity contribution is 6.29. The molecule has 2 aromatic rings. The van der Waals surface area contributed by atoms with E-state index < -0.39 is 0 Å². The van der Waals surface area contributed by atoms with Crippen molar-refractivity contribution in [2.45, 2.75) is 6.92 Å². The molecule has 0 bridgehead atoms. The van der Waals surface area contributed by atoms with Gasteiger partial charge < -0.3 is 5.73 Å². The minimum Gasteiger partial charge on any atom is -0.382 e. The summed E-state index contributed by atoms with van der Waals surface area (Å²) in [5.74, 6) is 0.965. The quantitative estimate of drug-likeness (QED) is 0.738. The predicted octanol–water partition coefficient (Wildman–Crippen LogP) is 1.48. The first-order valence-electron chi connectivity index (χ1n) is 4.24. The molecule has 0 aliphatic heterocycles. The Balaban J connectivity index is 2.49. The van der Waals surface area contributed by atoms with Crippen LogP contribution in [0.1, 0.15) is 5.82 Å². The molecule has 0 aliphatic rings. The summed E-state index contributed by atoms with van der Waals surface area (Å²) < 4.78 is 0. The van der Waals surface area contributed by atoms with E-state index in [1.807, 2.05) is 0 Å².